The van der Waals surface area contributed by atoms with Gasteiger partial charge in [-0.1, -0.05) is 12.1 Å². The van der Waals surface area contributed by atoms with E-state index < -0.39 is 0 Å². The zero-order valence-corrected chi connectivity index (χ0v) is 10.7. The molecule has 0 radical (unpaired) electrons. The van der Waals surface area contributed by atoms with Crippen molar-refractivity contribution in [2.75, 3.05) is 26.7 Å². The maximum atomic E-state index is 5.73. The van der Waals surface area contributed by atoms with E-state index in [4.69, 9.17) is 10.5 Å². The van der Waals surface area contributed by atoms with Gasteiger partial charge in [-0.15, -0.1) is 0 Å². The molecule has 0 amide bonds. The van der Waals surface area contributed by atoms with Crippen LogP contribution in [0.4, 0.5) is 0 Å². The van der Waals surface area contributed by atoms with Crippen LogP contribution in [-0.4, -0.2) is 31.6 Å². The molecule has 0 aromatic heterocycles. The van der Waals surface area contributed by atoms with Gasteiger partial charge in [0.15, 0.2) is 0 Å². The molecule has 1 aromatic carbocycles. The molecular weight excluding hydrogens is 212 g/mol. The average Bonchev–Trinajstić information content (AvgIpc) is 2.87. The van der Waals surface area contributed by atoms with E-state index in [1.807, 2.05) is 12.1 Å². The normalized spacial score (nSPS) is 22.6. The molecule has 1 aliphatic rings. The SMILES string of the molecule is COc1ccc(C(C)N2CCC(CN)C2)cc1. The molecule has 94 valence electrons. The molecule has 1 fully saturated rings. The van der Waals surface area contributed by atoms with Crippen molar-refractivity contribution in [2.45, 2.75) is 19.4 Å². The third-order valence-electron chi connectivity index (χ3n) is 3.80. The smallest absolute Gasteiger partial charge is 0.118 e. The van der Waals surface area contributed by atoms with Crippen molar-refractivity contribution >= 4 is 0 Å². The van der Waals surface area contributed by atoms with Crippen molar-refractivity contribution in [1.82, 2.24) is 4.90 Å². The number of ether oxygens (including phenoxy) is 1. The van der Waals surface area contributed by atoms with E-state index in [0.717, 1.165) is 25.4 Å². The molecule has 2 rings (SSSR count). The minimum Gasteiger partial charge on any atom is -0.497 e. The Hall–Kier alpha value is -1.06. The van der Waals surface area contributed by atoms with Crippen LogP contribution in [-0.2, 0) is 0 Å². The van der Waals surface area contributed by atoms with E-state index in [1.165, 1.54) is 12.0 Å². The summed E-state index contributed by atoms with van der Waals surface area (Å²) in [6.45, 7) is 5.37. The van der Waals surface area contributed by atoms with Crippen LogP contribution in [0.25, 0.3) is 0 Å². The minimum absolute atomic E-state index is 0.470. The Morgan fingerprint density at radius 1 is 1.41 bits per heavy atom. The van der Waals surface area contributed by atoms with Crippen molar-refractivity contribution in [3.05, 3.63) is 29.8 Å². The summed E-state index contributed by atoms with van der Waals surface area (Å²) >= 11 is 0. The number of hydrogen-bond acceptors (Lipinski definition) is 3. The summed E-state index contributed by atoms with van der Waals surface area (Å²) in [4.78, 5) is 2.51. The third-order valence-corrected chi connectivity index (χ3v) is 3.80. The molecule has 2 unspecified atom stereocenters. The minimum atomic E-state index is 0.470. The highest BCUT2D eigenvalue weighted by atomic mass is 16.5. The summed E-state index contributed by atoms with van der Waals surface area (Å²) in [6.07, 6.45) is 1.23. The summed E-state index contributed by atoms with van der Waals surface area (Å²) in [5.41, 5.74) is 7.08. The third kappa shape index (κ3) is 2.79. The van der Waals surface area contributed by atoms with Gasteiger partial charge in [0, 0.05) is 12.6 Å². The van der Waals surface area contributed by atoms with Gasteiger partial charge < -0.3 is 10.5 Å². The van der Waals surface area contributed by atoms with Crippen molar-refractivity contribution in [3.63, 3.8) is 0 Å². The fourth-order valence-electron chi connectivity index (χ4n) is 2.50. The molecule has 0 bridgehead atoms. The highest BCUT2D eigenvalue weighted by Crippen LogP contribution is 2.27. The summed E-state index contributed by atoms with van der Waals surface area (Å²) < 4.78 is 5.18. The van der Waals surface area contributed by atoms with E-state index >= 15 is 0 Å². The lowest BCUT2D eigenvalue weighted by atomic mass is 10.1. The Bertz CT molecular complexity index is 350. The standard InChI is InChI=1S/C14H22N2O/c1-11(16-8-7-12(9-15)10-16)13-3-5-14(17-2)6-4-13/h3-6,11-12H,7-10,15H2,1-2H3. The van der Waals surface area contributed by atoms with Crippen LogP contribution in [0, 0.1) is 5.92 Å². The Balaban J connectivity index is 2.01. The molecule has 17 heavy (non-hydrogen) atoms. The molecular formula is C14H22N2O. The van der Waals surface area contributed by atoms with Crippen LogP contribution < -0.4 is 10.5 Å². The Kier molecular flexibility index (Phi) is 4.02. The first-order chi connectivity index (χ1) is 8.24. The second-order valence-corrected chi connectivity index (χ2v) is 4.83. The van der Waals surface area contributed by atoms with Crippen LogP contribution in [0.5, 0.6) is 5.75 Å². The number of nitrogens with zero attached hydrogens (tertiary/aromatic N) is 1. The number of likely N-dealkylation sites (tertiary alicyclic amines) is 1. The largest absolute Gasteiger partial charge is 0.497 e. The number of hydrogen-bond donors (Lipinski definition) is 1. The Morgan fingerprint density at radius 3 is 2.65 bits per heavy atom. The summed E-state index contributed by atoms with van der Waals surface area (Å²) in [5, 5.41) is 0. The Labute approximate surface area is 104 Å². The molecule has 1 heterocycles. The van der Waals surface area contributed by atoms with E-state index in [0.29, 0.717) is 12.0 Å². The van der Waals surface area contributed by atoms with Gasteiger partial charge in [-0.3, -0.25) is 4.90 Å². The molecule has 3 nitrogen and oxygen atoms in total. The quantitative estimate of drug-likeness (QED) is 0.866. The molecule has 0 aliphatic carbocycles. The second kappa shape index (κ2) is 5.52. The highest BCUT2D eigenvalue weighted by molar-refractivity contribution is 5.29. The van der Waals surface area contributed by atoms with Gasteiger partial charge in [0.1, 0.15) is 5.75 Å². The number of benzene rings is 1. The summed E-state index contributed by atoms with van der Waals surface area (Å²) in [6, 6.07) is 8.83. The number of methoxy groups -OCH3 is 1. The molecule has 2 N–H and O–H groups in total. The van der Waals surface area contributed by atoms with Gasteiger partial charge in [0.25, 0.3) is 0 Å². The Morgan fingerprint density at radius 2 is 2.12 bits per heavy atom. The highest BCUT2D eigenvalue weighted by Gasteiger charge is 2.25. The fourth-order valence-corrected chi connectivity index (χ4v) is 2.50. The van der Waals surface area contributed by atoms with Crippen LogP contribution >= 0.6 is 0 Å². The lowest BCUT2D eigenvalue weighted by molar-refractivity contribution is 0.253. The van der Waals surface area contributed by atoms with E-state index in [2.05, 4.69) is 24.0 Å². The maximum absolute atomic E-state index is 5.73. The van der Waals surface area contributed by atoms with Gasteiger partial charge in [-0.25, -0.2) is 0 Å². The van der Waals surface area contributed by atoms with Crippen LogP contribution in [0.3, 0.4) is 0 Å². The van der Waals surface area contributed by atoms with Crippen molar-refractivity contribution in [3.8, 4) is 5.75 Å². The van der Waals surface area contributed by atoms with E-state index in [9.17, 15) is 0 Å². The predicted molar refractivity (Wildman–Crippen MR) is 70.1 cm³/mol. The topological polar surface area (TPSA) is 38.5 Å². The summed E-state index contributed by atoms with van der Waals surface area (Å²) in [5.74, 6) is 1.60. The lowest BCUT2D eigenvalue weighted by Crippen LogP contribution is -2.26. The van der Waals surface area contributed by atoms with Gasteiger partial charge in [-0.2, -0.15) is 0 Å². The first-order valence-electron chi connectivity index (χ1n) is 6.32. The molecule has 2 atom stereocenters. The predicted octanol–water partition coefficient (Wildman–Crippen LogP) is 2.04. The molecule has 3 heteroatoms. The van der Waals surface area contributed by atoms with Crippen molar-refractivity contribution in [2.24, 2.45) is 11.7 Å². The first-order valence-corrected chi connectivity index (χ1v) is 6.32. The van der Waals surface area contributed by atoms with Gasteiger partial charge in [0.05, 0.1) is 7.11 Å². The zero-order chi connectivity index (χ0) is 12.3. The monoisotopic (exact) mass is 234 g/mol. The van der Waals surface area contributed by atoms with Crippen molar-refractivity contribution < 1.29 is 4.74 Å². The van der Waals surface area contributed by atoms with Crippen LogP contribution in [0.2, 0.25) is 0 Å². The maximum Gasteiger partial charge on any atom is 0.118 e. The van der Waals surface area contributed by atoms with Crippen LogP contribution in [0.15, 0.2) is 24.3 Å². The fraction of sp³-hybridized carbons (Fsp3) is 0.571. The summed E-state index contributed by atoms with van der Waals surface area (Å²) in [7, 11) is 1.70. The van der Waals surface area contributed by atoms with Crippen molar-refractivity contribution in [1.29, 1.82) is 0 Å². The number of rotatable bonds is 4. The molecule has 1 aliphatic heterocycles. The number of nitrogens with two attached hydrogens (primary N) is 1. The zero-order valence-electron chi connectivity index (χ0n) is 10.7. The van der Waals surface area contributed by atoms with Gasteiger partial charge in [-0.05, 0) is 50.0 Å². The van der Waals surface area contributed by atoms with E-state index in [-0.39, 0.29) is 0 Å². The molecule has 0 saturated carbocycles. The molecule has 0 spiro atoms. The molecule has 1 saturated heterocycles. The van der Waals surface area contributed by atoms with Gasteiger partial charge >= 0.3 is 0 Å². The second-order valence-electron chi connectivity index (χ2n) is 4.83. The van der Waals surface area contributed by atoms with Gasteiger partial charge in [0.2, 0.25) is 0 Å². The van der Waals surface area contributed by atoms with E-state index in [1.54, 1.807) is 7.11 Å². The lowest BCUT2D eigenvalue weighted by Gasteiger charge is -2.24. The first kappa shape index (κ1) is 12.4. The van der Waals surface area contributed by atoms with Crippen LogP contribution in [0.1, 0.15) is 24.9 Å². The molecule has 1 aromatic rings. The average molecular weight is 234 g/mol.